The topological polar surface area (TPSA) is 40.6 Å². The van der Waals surface area contributed by atoms with Crippen LogP contribution in [0.5, 0.6) is 0 Å². The molecule has 0 aromatic heterocycles. The van der Waals surface area contributed by atoms with Gasteiger partial charge >= 0.3 is 0 Å². The minimum Gasteiger partial charge on any atom is -0.330 e. The first-order valence-corrected chi connectivity index (χ1v) is 7.08. The predicted molar refractivity (Wildman–Crippen MR) is 70.3 cm³/mol. The number of Topliss-reactive ketones (excluding diaryl/α,β-unsaturated/α-hetero) is 1. The summed E-state index contributed by atoms with van der Waals surface area (Å²) in [6.45, 7) is 7.41. The lowest BCUT2D eigenvalue weighted by Gasteiger charge is -2.32. The first kappa shape index (κ1) is 13.5. The number of nitrogens with zero attached hydrogens (tertiary/aromatic N) is 2. The molecule has 1 amide bonds. The molecule has 2 fully saturated rings. The lowest BCUT2D eigenvalue weighted by molar-refractivity contribution is -0.139. The van der Waals surface area contributed by atoms with Crippen LogP contribution in [0.1, 0.15) is 46.0 Å². The zero-order valence-electron chi connectivity index (χ0n) is 11.6. The van der Waals surface area contributed by atoms with Gasteiger partial charge in [0.15, 0.2) is 5.78 Å². The number of amides is 1. The number of hydrogen-bond acceptors (Lipinski definition) is 3. The van der Waals surface area contributed by atoms with E-state index in [1.807, 2.05) is 13.8 Å². The average Bonchev–Trinajstić information content (AvgIpc) is 2.63. The van der Waals surface area contributed by atoms with Gasteiger partial charge < -0.3 is 9.80 Å². The quantitative estimate of drug-likeness (QED) is 0.763. The number of hydrogen-bond donors (Lipinski definition) is 0. The predicted octanol–water partition coefficient (Wildman–Crippen LogP) is 1.44. The van der Waals surface area contributed by atoms with Gasteiger partial charge in [-0.05, 0) is 39.8 Å². The van der Waals surface area contributed by atoms with E-state index in [9.17, 15) is 9.59 Å². The van der Waals surface area contributed by atoms with Crippen LogP contribution in [0.15, 0.2) is 0 Å². The van der Waals surface area contributed by atoms with Crippen molar-refractivity contribution in [3.63, 3.8) is 0 Å². The molecule has 0 bridgehead atoms. The van der Waals surface area contributed by atoms with E-state index in [0.717, 1.165) is 19.6 Å². The third kappa shape index (κ3) is 2.74. The van der Waals surface area contributed by atoms with Crippen molar-refractivity contribution in [2.45, 2.75) is 51.5 Å². The summed E-state index contributed by atoms with van der Waals surface area (Å²) in [5, 5.41) is 0. The molecule has 18 heavy (non-hydrogen) atoms. The van der Waals surface area contributed by atoms with Gasteiger partial charge in [0, 0.05) is 25.9 Å². The van der Waals surface area contributed by atoms with E-state index in [1.165, 1.54) is 19.3 Å². The molecule has 2 saturated heterocycles. The highest BCUT2D eigenvalue weighted by Crippen LogP contribution is 2.25. The lowest BCUT2D eigenvalue weighted by Crippen LogP contribution is -2.47. The number of ketones is 1. The number of carbonyl (C=O) groups is 2. The van der Waals surface area contributed by atoms with Crippen LogP contribution in [0.3, 0.4) is 0 Å². The molecule has 0 spiro atoms. The van der Waals surface area contributed by atoms with Crippen LogP contribution in [0.25, 0.3) is 0 Å². The summed E-state index contributed by atoms with van der Waals surface area (Å²) in [5.41, 5.74) is -0.584. The Morgan fingerprint density at radius 2 is 1.83 bits per heavy atom. The van der Waals surface area contributed by atoms with Crippen LogP contribution < -0.4 is 0 Å². The van der Waals surface area contributed by atoms with Gasteiger partial charge in [0.1, 0.15) is 0 Å². The fourth-order valence-corrected chi connectivity index (χ4v) is 2.96. The molecule has 0 aromatic carbocycles. The molecule has 0 aromatic rings. The van der Waals surface area contributed by atoms with Gasteiger partial charge in [-0.2, -0.15) is 0 Å². The Morgan fingerprint density at radius 1 is 1.17 bits per heavy atom. The Kier molecular flexibility index (Phi) is 4.05. The molecule has 0 N–H and O–H groups in total. The van der Waals surface area contributed by atoms with Gasteiger partial charge in [-0.1, -0.05) is 6.42 Å². The average molecular weight is 252 g/mol. The first-order valence-electron chi connectivity index (χ1n) is 7.08. The second kappa shape index (κ2) is 5.39. The molecular weight excluding hydrogens is 228 g/mol. The second-order valence-corrected chi connectivity index (χ2v) is 5.93. The fourth-order valence-electron chi connectivity index (χ4n) is 2.96. The third-order valence-electron chi connectivity index (χ3n) is 4.31. The summed E-state index contributed by atoms with van der Waals surface area (Å²) in [5.74, 6) is 0.324. The highest BCUT2D eigenvalue weighted by atomic mass is 16.2. The second-order valence-electron chi connectivity index (χ2n) is 5.93. The highest BCUT2D eigenvalue weighted by molar-refractivity contribution is 5.95. The molecule has 0 aliphatic carbocycles. The van der Waals surface area contributed by atoms with E-state index in [0.29, 0.717) is 19.4 Å². The first-order chi connectivity index (χ1) is 8.51. The third-order valence-corrected chi connectivity index (χ3v) is 4.31. The maximum Gasteiger partial charge on any atom is 0.224 e. The number of carbonyl (C=O) groups excluding carboxylic acids is 2. The van der Waals surface area contributed by atoms with Gasteiger partial charge in [-0.15, -0.1) is 0 Å². The molecule has 2 heterocycles. The van der Waals surface area contributed by atoms with E-state index in [4.69, 9.17) is 0 Å². The van der Waals surface area contributed by atoms with Crippen molar-refractivity contribution in [1.29, 1.82) is 0 Å². The van der Waals surface area contributed by atoms with Gasteiger partial charge in [0.25, 0.3) is 0 Å². The standard InChI is InChI=1S/C14H24N2O2/c1-14(2)12(17)6-11-16(14)13(18)7-10-15-8-4-3-5-9-15/h3-11H2,1-2H3. The Balaban J connectivity index is 1.83. The van der Waals surface area contributed by atoms with Crippen LogP contribution >= 0.6 is 0 Å². The van der Waals surface area contributed by atoms with Gasteiger partial charge in [0.2, 0.25) is 5.91 Å². The van der Waals surface area contributed by atoms with E-state index >= 15 is 0 Å². The largest absolute Gasteiger partial charge is 0.330 e. The van der Waals surface area contributed by atoms with Crippen molar-refractivity contribution in [2.24, 2.45) is 0 Å². The van der Waals surface area contributed by atoms with Crippen LogP contribution in [-0.2, 0) is 9.59 Å². The summed E-state index contributed by atoms with van der Waals surface area (Å²) < 4.78 is 0. The minimum atomic E-state index is -0.584. The Labute approximate surface area is 109 Å². The van der Waals surface area contributed by atoms with Crippen molar-refractivity contribution in [3.05, 3.63) is 0 Å². The highest BCUT2D eigenvalue weighted by Gasteiger charge is 2.42. The molecule has 2 aliphatic rings. The van der Waals surface area contributed by atoms with Crippen molar-refractivity contribution < 1.29 is 9.59 Å². The molecule has 4 nitrogen and oxygen atoms in total. The molecule has 0 radical (unpaired) electrons. The van der Waals surface area contributed by atoms with Crippen LogP contribution in [0.2, 0.25) is 0 Å². The van der Waals surface area contributed by atoms with E-state index in [1.54, 1.807) is 4.90 Å². The summed E-state index contributed by atoms with van der Waals surface area (Å²) >= 11 is 0. The van der Waals surface area contributed by atoms with Crippen molar-refractivity contribution >= 4 is 11.7 Å². The fraction of sp³-hybridized carbons (Fsp3) is 0.857. The SMILES string of the molecule is CC1(C)C(=O)CCN1C(=O)CCN1CCCCC1. The minimum absolute atomic E-state index is 0.136. The smallest absolute Gasteiger partial charge is 0.224 e. The monoisotopic (exact) mass is 252 g/mol. The van der Waals surface area contributed by atoms with Crippen LogP contribution in [-0.4, -0.2) is 53.2 Å². The maximum atomic E-state index is 12.2. The molecule has 0 saturated carbocycles. The summed E-state index contributed by atoms with van der Waals surface area (Å²) in [7, 11) is 0. The van der Waals surface area contributed by atoms with E-state index < -0.39 is 5.54 Å². The summed E-state index contributed by atoms with van der Waals surface area (Å²) in [6.07, 6.45) is 4.89. The van der Waals surface area contributed by atoms with Crippen LogP contribution in [0.4, 0.5) is 0 Å². The van der Waals surface area contributed by atoms with Gasteiger partial charge in [-0.3, -0.25) is 9.59 Å². The Morgan fingerprint density at radius 3 is 2.39 bits per heavy atom. The van der Waals surface area contributed by atoms with Crippen molar-refractivity contribution in [3.8, 4) is 0 Å². The maximum absolute atomic E-state index is 12.2. The molecule has 4 heteroatoms. The number of rotatable bonds is 3. The molecular formula is C14H24N2O2. The number of likely N-dealkylation sites (tertiary alicyclic amines) is 2. The van der Waals surface area contributed by atoms with E-state index in [2.05, 4.69) is 4.90 Å². The molecule has 0 atom stereocenters. The molecule has 2 rings (SSSR count). The zero-order valence-corrected chi connectivity index (χ0v) is 11.6. The van der Waals surface area contributed by atoms with Crippen molar-refractivity contribution in [1.82, 2.24) is 9.80 Å². The Hall–Kier alpha value is -0.900. The van der Waals surface area contributed by atoms with Crippen molar-refractivity contribution in [2.75, 3.05) is 26.2 Å². The summed E-state index contributed by atoms with van der Waals surface area (Å²) in [4.78, 5) is 28.0. The van der Waals surface area contributed by atoms with Crippen LogP contribution in [0, 0.1) is 0 Å². The normalized spacial score (nSPS) is 24.6. The van der Waals surface area contributed by atoms with Gasteiger partial charge in [0.05, 0.1) is 5.54 Å². The van der Waals surface area contributed by atoms with E-state index in [-0.39, 0.29) is 11.7 Å². The lowest BCUT2D eigenvalue weighted by atomic mass is 10.0. The number of piperidine rings is 1. The molecule has 2 aliphatic heterocycles. The molecule has 0 unspecified atom stereocenters. The zero-order chi connectivity index (χ0) is 13.2. The van der Waals surface area contributed by atoms with Gasteiger partial charge in [-0.25, -0.2) is 0 Å². The summed E-state index contributed by atoms with van der Waals surface area (Å²) in [6, 6.07) is 0. The molecule has 102 valence electrons. The Bertz CT molecular complexity index is 333.